The number of ether oxygens (including phenoxy) is 1. The molecule has 0 radical (unpaired) electrons. The lowest BCUT2D eigenvalue weighted by atomic mass is 10.1. The Bertz CT molecular complexity index is 397. The van der Waals surface area contributed by atoms with Gasteiger partial charge in [-0.05, 0) is 31.2 Å². The molecule has 1 atom stereocenters. The molecule has 0 bridgehead atoms. The lowest BCUT2D eigenvalue weighted by Crippen LogP contribution is -2.21. The van der Waals surface area contributed by atoms with Crippen molar-refractivity contribution in [3.8, 4) is 0 Å². The average molecular weight is 269 g/mol. The van der Waals surface area contributed by atoms with E-state index >= 15 is 0 Å². The van der Waals surface area contributed by atoms with Crippen molar-refractivity contribution in [1.29, 1.82) is 0 Å². The molecule has 1 aliphatic rings. The summed E-state index contributed by atoms with van der Waals surface area (Å²) >= 11 is 6.29. The molecule has 1 N–H and O–H groups in total. The monoisotopic (exact) mass is 268 g/mol. The highest BCUT2D eigenvalue weighted by molar-refractivity contribution is 6.31. The van der Waals surface area contributed by atoms with Crippen LogP contribution in [0.5, 0.6) is 0 Å². The molecule has 1 aromatic carbocycles. The second kappa shape index (κ2) is 6.41. The number of nitrogens with zero attached hydrogens (tertiary/aromatic N) is 1. The van der Waals surface area contributed by atoms with Crippen LogP contribution in [-0.4, -0.2) is 33.9 Å². The van der Waals surface area contributed by atoms with Gasteiger partial charge in [-0.1, -0.05) is 17.7 Å². The Morgan fingerprint density at radius 1 is 1.50 bits per heavy atom. The Labute approximate surface area is 114 Å². The molecule has 0 saturated carbocycles. The highest BCUT2D eigenvalue weighted by Crippen LogP contribution is 2.28. The van der Waals surface area contributed by atoms with E-state index in [4.69, 9.17) is 16.3 Å². The van der Waals surface area contributed by atoms with Gasteiger partial charge in [0.2, 0.25) is 0 Å². The van der Waals surface area contributed by atoms with E-state index in [0.29, 0.717) is 5.92 Å². The first-order chi connectivity index (χ1) is 8.74. The number of halogens is 1. The third-order valence-corrected chi connectivity index (χ3v) is 3.81. The molecule has 18 heavy (non-hydrogen) atoms. The number of hydrogen-bond acceptors (Lipinski definition) is 3. The van der Waals surface area contributed by atoms with Gasteiger partial charge in [0.15, 0.2) is 0 Å². The molecule has 1 heterocycles. The third-order valence-electron chi connectivity index (χ3n) is 3.46. The van der Waals surface area contributed by atoms with Crippen LogP contribution in [0.15, 0.2) is 18.2 Å². The maximum atomic E-state index is 6.29. The molecular weight excluding hydrogens is 248 g/mol. The lowest BCUT2D eigenvalue weighted by molar-refractivity contribution is 0.161. The summed E-state index contributed by atoms with van der Waals surface area (Å²) in [6.07, 6.45) is 1.20. The summed E-state index contributed by atoms with van der Waals surface area (Å²) in [5.41, 5.74) is 2.37. The molecule has 4 heteroatoms. The second-order valence-electron chi connectivity index (χ2n) is 4.86. The molecule has 1 aromatic rings. The Kier molecular flexibility index (Phi) is 4.87. The smallest absolute Gasteiger partial charge is 0.0508 e. The maximum absolute atomic E-state index is 6.29. The molecule has 1 unspecified atom stereocenters. The fourth-order valence-electron chi connectivity index (χ4n) is 2.51. The van der Waals surface area contributed by atoms with E-state index in [1.807, 2.05) is 7.05 Å². The largest absolute Gasteiger partial charge is 0.384 e. The van der Waals surface area contributed by atoms with Gasteiger partial charge in [0.05, 0.1) is 6.61 Å². The zero-order valence-electron chi connectivity index (χ0n) is 11.1. The fraction of sp³-hybridized carbons (Fsp3) is 0.571. The van der Waals surface area contributed by atoms with Gasteiger partial charge in [-0.15, -0.1) is 0 Å². The molecule has 2 rings (SSSR count). The molecule has 0 aliphatic carbocycles. The first-order valence-electron chi connectivity index (χ1n) is 6.41. The van der Waals surface area contributed by atoms with Crippen LogP contribution in [0.4, 0.5) is 5.69 Å². The minimum absolute atomic E-state index is 0.644. The molecule has 1 saturated heterocycles. The molecule has 0 aromatic heterocycles. The minimum atomic E-state index is 0.644. The maximum Gasteiger partial charge on any atom is 0.0508 e. The van der Waals surface area contributed by atoms with Crippen LogP contribution in [0.25, 0.3) is 0 Å². The van der Waals surface area contributed by atoms with Crippen LogP contribution in [0.2, 0.25) is 5.02 Å². The van der Waals surface area contributed by atoms with Crippen molar-refractivity contribution < 1.29 is 4.74 Å². The van der Waals surface area contributed by atoms with Crippen LogP contribution < -0.4 is 10.2 Å². The number of anilines is 1. The number of methoxy groups -OCH3 is 1. The van der Waals surface area contributed by atoms with Crippen LogP contribution >= 0.6 is 11.6 Å². The van der Waals surface area contributed by atoms with Crippen molar-refractivity contribution in [2.24, 2.45) is 5.92 Å². The Balaban J connectivity index is 2.04. The van der Waals surface area contributed by atoms with E-state index in [1.165, 1.54) is 12.1 Å². The highest BCUT2D eigenvalue weighted by Gasteiger charge is 2.22. The molecular formula is C14H21ClN2O. The van der Waals surface area contributed by atoms with Gasteiger partial charge >= 0.3 is 0 Å². The van der Waals surface area contributed by atoms with Crippen molar-refractivity contribution in [2.45, 2.75) is 13.0 Å². The SMILES string of the molecule is CNCc1ccc(N2CCC(COC)C2)cc1Cl. The Morgan fingerprint density at radius 3 is 3.00 bits per heavy atom. The summed E-state index contributed by atoms with van der Waals surface area (Å²) in [6.45, 7) is 3.82. The summed E-state index contributed by atoms with van der Waals surface area (Å²) in [7, 11) is 3.70. The van der Waals surface area contributed by atoms with Gasteiger partial charge < -0.3 is 15.0 Å². The van der Waals surface area contributed by atoms with E-state index in [1.54, 1.807) is 7.11 Å². The van der Waals surface area contributed by atoms with Crippen molar-refractivity contribution in [1.82, 2.24) is 5.32 Å². The zero-order chi connectivity index (χ0) is 13.0. The first kappa shape index (κ1) is 13.7. The molecule has 1 fully saturated rings. The van der Waals surface area contributed by atoms with E-state index in [-0.39, 0.29) is 0 Å². The van der Waals surface area contributed by atoms with Crippen LogP contribution in [0.3, 0.4) is 0 Å². The van der Waals surface area contributed by atoms with Crippen LogP contribution in [-0.2, 0) is 11.3 Å². The molecule has 0 amide bonds. The van der Waals surface area contributed by atoms with Crippen molar-refractivity contribution >= 4 is 17.3 Å². The van der Waals surface area contributed by atoms with Crippen molar-refractivity contribution in [3.63, 3.8) is 0 Å². The quantitative estimate of drug-likeness (QED) is 0.888. The van der Waals surface area contributed by atoms with Crippen LogP contribution in [0.1, 0.15) is 12.0 Å². The summed E-state index contributed by atoms with van der Waals surface area (Å²) in [4.78, 5) is 2.39. The first-order valence-corrected chi connectivity index (χ1v) is 6.79. The average Bonchev–Trinajstić information content (AvgIpc) is 2.81. The van der Waals surface area contributed by atoms with Gasteiger partial charge in [0.1, 0.15) is 0 Å². The predicted molar refractivity (Wildman–Crippen MR) is 76.4 cm³/mol. The number of nitrogens with one attached hydrogen (secondary N) is 1. The van der Waals surface area contributed by atoms with Gasteiger partial charge in [-0.2, -0.15) is 0 Å². The number of hydrogen-bond donors (Lipinski definition) is 1. The van der Waals surface area contributed by atoms with Crippen molar-refractivity contribution in [3.05, 3.63) is 28.8 Å². The normalized spacial score (nSPS) is 19.5. The predicted octanol–water partition coefficient (Wildman–Crippen LogP) is 2.53. The van der Waals surface area contributed by atoms with E-state index in [0.717, 1.165) is 36.8 Å². The molecule has 1 aliphatic heterocycles. The van der Waals surface area contributed by atoms with E-state index < -0.39 is 0 Å². The van der Waals surface area contributed by atoms with Gasteiger partial charge in [0, 0.05) is 43.4 Å². The van der Waals surface area contributed by atoms with Gasteiger partial charge in [-0.25, -0.2) is 0 Å². The van der Waals surface area contributed by atoms with E-state index in [2.05, 4.69) is 28.4 Å². The zero-order valence-corrected chi connectivity index (χ0v) is 11.8. The molecule has 100 valence electrons. The minimum Gasteiger partial charge on any atom is -0.384 e. The number of rotatable bonds is 5. The molecule has 0 spiro atoms. The highest BCUT2D eigenvalue weighted by atomic mass is 35.5. The number of benzene rings is 1. The second-order valence-corrected chi connectivity index (χ2v) is 5.27. The third kappa shape index (κ3) is 3.16. The van der Waals surface area contributed by atoms with Gasteiger partial charge in [-0.3, -0.25) is 0 Å². The summed E-state index contributed by atoms with van der Waals surface area (Å²) < 4.78 is 5.22. The standard InChI is InChI=1S/C14H21ClN2O/c1-16-8-12-3-4-13(7-14(12)15)17-6-5-11(9-17)10-18-2/h3-4,7,11,16H,5-6,8-10H2,1-2H3. The Hall–Kier alpha value is -0.770. The fourth-order valence-corrected chi connectivity index (χ4v) is 2.75. The summed E-state index contributed by atoms with van der Waals surface area (Å²) in [6, 6.07) is 6.34. The topological polar surface area (TPSA) is 24.5 Å². The van der Waals surface area contributed by atoms with E-state index in [9.17, 15) is 0 Å². The molecule has 3 nitrogen and oxygen atoms in total. The van der Waals surface area contributed by atoms with Crippen LogP contribution in [0, 0.1) is 5.92 Å². The summed E-state index contributed by atoms with van der Waals surface area (Å²) in [5.74, 6) is 0.644. The van der Waals surface area contributed by atoms with Crippen molar-refractivity contribution in [2.75, 3.05) is 38.8 Å². The van der Waals surface area contributed by atoms with Gasteiger partial charge in [0.25, 0.3) is 0 Å². The summed E-state index contributed by atoms with van der Waals surface area (Å²) in [5, 5.41) is 3.97. The Morgan fingerprint density at radius 2 is 2.33 bits per heavy atom. The lowest BCUT2D eigenvalue weighted by Gasteiger charge is -2.19.